The van der Waals surface area contributed by atoms with Crippen molar-refractivity contribution in [3.8, 4) is 22.4 Å². The molecule has 1 aliphatic carbocycles. The number of anilines is 2. The predicted octanol–water partition coefficient (Wildman–Crippen LogP) is 6.16. The van der Waals surface area contributed by atoms with Crippen LogP contribution in [0, 0.1) is 0 Å². The SMILES string of the molecule is Cn1cc(-c2ccc(Nc3cc4c(cn3)cc(-c3cnn(C)c3)n4C(=O)OC3CCCC3)c(Cl)c2)cn1. The van der Waals surface area contributed by atoms with Gasteiger partial charge in [0.1, 0.15) is 11.9 Å². The van der Waals surface area contributed by atoms with Gasteiger partial charge in [0.15, 0.2) is 0 Å². The lowest BCUT2D eigenvalue weighted by molar-refractivity contribution is 0.104. The summed E-state index contributed by atoms with van der Waals surface area (Å²) in [5, 5.41) is 13.2. The van der Waals surface area contributed by atoms with Crippen LogP contribution in [0.1, 0.15) is 25.7 Å². The summed E-state index contributed by atoms with van der Waals surface area (Å²) in [7, 11) is 3.72. The highest BCUT2D eigenvalue weighted by atomic mass is 35.5. The average Bonchev–Trinajstić information content (AvgIpc) is 3.67. The van der Waals surface area contributed by atoms with Crippen LogP contribution < -0.4 is 5.32 Å². The van der Waals surface area contributed by atoms with E-state index in [4.69, 9.17) is 16.3 Å². The van der Waals surface area contributed by atoms with E-state index in [-0.39, 0.29) is 6.10 Å². The molecule has 6 rings (SSSR count). The zero-order valence-electron chi connectivity index (χ0n) is 20.6. The fraction of sp³-hybridized carbons (Fsp3) is 0.259. The van der Waals surface area contributed by atoms with Crippen LogP contribution in [0.5, 0.6) is 0 Å². The maximum absolute atomic E-state index is 13.4. The number of pyridine rings is 1. The summed E-state index contributed by atoms with van der Waals surface area (Å²) < 4.78 is 11.0. The Morgan fingerprint density at radius 3 is 2.38 bits per heavy atom. The van der Waals surface area contributed by atoms with Gasteiger partial charge in [-0.15, -0.1) is 0 Å². The third-order valence-electron chi connectivity index (χ3n) is 6.71. The minimum atomic E-state index is -0.392. The number of carbonyl (C=O) groups excluding carboxylic acids is 1. The fourth-order valence-corrected chi connectivity index (χ4v) is 5.07. The van der Waals surface area contributed by atoms with Gasteiger partial charge in [0.2, 0.25) is 0 Å². The lowest BCUT2D eigenvalue weighted by Crippen LogP contribution is -2.20. The van der Waals surface area contributed by atoms with Gasteiger partial charge in [-0.2, -0.15) is 10.2 Å². The highest BCUT2D eigenvalue weighted by Gasteiger charge is 2.24. The van der Waals surface area contributed by atoms with Gasteiger partial charge in [-0.1, -0.05) is 17.7 Å². The molecule has 0 amide bonds. The number of rotatable bonds is 5. The molecular weight excluding hydrogens is 490 g/mol. The van der Waals surface area contributed by atoms with E-state index in [0.29, 0.717) is 27.7 Å². The summed E-state index contributed by atoms with van der Waals surface area (Å²) in [6.07, 6.45) is 12.6. The van der Waals surface area contributed by atoms with Gasteiger partial charge in [0.25, 0.3) is 0 Å². The summed E-state index contributed by atoms with van der Waals surface area (Å²) in [5.74, 6) is 0.564. The number of aryl methyl sites for hydroxylation is 2. The quantitative estimate of drug-likeness (QED) is 0.301. The van der Waals surface area contributed by atoms with Crippen LogP contribution in [-0.4, -0.2) is 41.3 Å². The number of ether oxygens (including phenoxy) is 1. The maximum atomic E-state index is 13.4. The molecular formula is C27H26ClN7O2. The smallest absolute Gasteiger partial charge is 0.419 e. The van der Waals surface area contributed by atoms with Crippen LogP contribution >= 0.6 is 11.6 Å². The molecule has 4 heterocycles. The van der Waals surface area contributed by atoms with Crippen molar-refractivity contribution in [2.75, 3.05) is 5.32 Å². The van der Waals surface area contributed by atoms with Crippen molar-refractivity contribution < 1.29 is 9.53 Å². The van der Waals surface area contributed by atoms with Gasteiger partial charge in [0.05, 0.1) is 34.3 Å². The van der Waals surface area contributed by atoms with E-state index in [1.807, 2.05) is 56.8 Å². The molecule has 188 valence electrons. The standard InChI is InChI=1S/C27H26ClN7O2/c1-33-15-19(13-30-33)17-7-8-23(22(28)9-17)32-26-11-25-18(12-29-26)10-24(20-14-31-34(2)16-20)35(25)27(36)37-21-5-3-4-6-21/h7-16,21H,3-6H2,1-2H3,(H,29,32). The molecule has 37 heavy (non-hydrogen) atoms. The molecule has 0 aliphatic heterocycles. The van der Waals surface area contributed by atoms with Gasteiger partial charge in [0, 0.05) is 55.3 Å². The van der Waals surface area contributed by atoms with E-state index < -0.39 is 6.09 Å². The Labute approximate surface area is 218 Å². The molecule has 5 aromatic rings. The van der Waals surface area contributed by atoms with Crippen LogP contribution in [0.2, 0.25) is 5.02 Å². The number of carbonyl (C=O) groups is 1. The Morgan fingerprint density at radius 1 is 0.973 bits per heavy atom. The van der Waals surface area contributed by atoms with Crippen molar-refractivity contribution >= 4 is 40.1 Å². The van der Waals surface area contributed by atoms with Gasteiger partial charge < -0.3 is 10.1 Å². The van der Waals surface area contributed by atoms with Crippen LogP contribution in [0.25, 0.3) is 33.3 Å². The van der Waals surface area contributed by atoms with Crippen molar-refractivity contribution in [3.63, 3.8) is 0 Å². The zero-order valence-corrected chi connectivity index (χ0v) is 21.3. The second kappa shape index (κ2) is 9.40. The number of nitrogens with one attached hydrogen (secondary N) is 1. The van der Waals surface area contributed by atoms with Gasteiger partial charge in [-0.05, 0) is 49.4 Å². The molecule has 1 aliphatic rings. The Balaban J connectivity index is 1.36. The van der Waals surface area contributed by atoms with Crippen molar-refractivity contribution in [3.05, 3.63) is 66.3 Å². The highest BCUT2D eigenvalue weighted by Crippen LogP contribution is 2.33. The average molecular weight is 516 g/mol. The molecule has 0 radical (unpaired) electrons. The highest BCUT2D eigenvalue weighted by molar-refractivity contribution is 6.33. The summed E-state index contributed by atoms with van der Waals surface area (Å²) in [5.41, 5.74) is 4.89. The first-order chi connectivity index (χ1) is 17.9. The normalized spacial score (nSPS) is 13.9. The molecule has 4 aromatic heterocycles. The largest absolute Gasteiger partial charge is 0.446 e. The summed E-state index contributed by atoms with van der Waals surface area (Å²) >= 11 is 6.61. The van der Waals surface area contributed by atoms with Crippen LogP contribution in [0.3, 0.4) is 0 Å². The van der Waals surface area contributed by atoms with Gasteiger partial charge in [-0.3, -0.25) is 9.36 Å². The molecule has 0 spiro atoms. The van der Waals surface area contributed by atoms with Crippen LogP contribution in [0.4, 0.5) is 16.3 Å². The van der Waals surface area contributed by atoms with Crippen molar-refractivity contribution in [2.24, 2.45) is 14.1 Å². The Bertz CT molecular complexity index is 1610. The van der Waals surface area contributed by atoms with Gasteiger partial charge >= 0.3 is 6.09 Å². The first-order valence-electron chi connectivity index (χ1n) is 12.2. The molecule has 0 bridgehead atoms. The number of hydrogen-bond acceptors (Lipinski definition) is 6. The number of aromatic nitrogens is 6. The van der Waals surface area contributed by atoms with E-state index in [2.05, 4.69) is 20.5 Å². The lowest BCUT2D eigenvalue weighted by atomic mass is 10.1. The summed E-state index contributed by atoms with van der Waals surface area (Å²) in [6, 6.07) is 9.56. The zero-order chi connectivity index (χ0) is 25.5. The monoisotopic (exact) mass is 515 g/mol. The number of hydrogen-bond donors (Lipinski definition) is 1. The topological polar surface area (TPSA) is 91.8 Å². The van der Waals surface area contributed by atoms with E-state index >= 15 is 0 Å². The number of halogens is 1. The maximum Gasteiger partial charge on any atom is 0.419 e. The van der Waals surface area contributed by atoms with Crippen molar-refractivity contribution in [2.45, 2.75) is 31.8 Å². The molecule has 0 saturated heterocycles. The summed E-state index contributed by atoms with van der Waals surface area (Å²) in [4.78, 5) is 18.0. The van der Waals surface area contributed by atoms with E-state index in [1.165, 1.54) is 0 Å². The number of fused-ring (bicyclic) bond motifs is 1. The number of nitrogens with zero attached hydrogens (tertiary/aromatic N) is 6. The molecule has 1 saturated carbocycles. The molecule has 1 aromatic carbocycles. The third-order valence-corrected chi connectivity index (χ3v) is 7.02. The van der Waals surface area contributed by atoms with Crippen molar-refractivity contribution in [1.82, 2.24) is 29.1 Å². The Kier molecular flexibility index (Phi) is 5.92. The second-order valence-corrected chi connectivity index (χ2v) is 9.82. The predicted molar refractivity (Wildman–Crippen MR) is 143 cm³/mol. The molecule has 1 N–H and O–H groups in total. The summed E-state index contributed by atoms with van der Waals surface area (Å²) in [6.45, 7) is 0. The van der Waals surface area contributed by atoms with Gasteiger partial charge in [-0.25, -0.2) is 14.3 Å². The van der Waals surface area contributed by atoms with Crippen LogP contribution in [-0.2, 0) is 18.8 Å². The Morgan fingerprint density at radius 2 is 1.70 bits per heavy atom. The fourth-order valence-electron chi connectivity index (χ4n) is 4.84. The van der Waals surface area contributed by atoms with E-state index in [9.17, 15) is 4.79 Å². The van der Waals surface area contributed by atoms with E-state index in [1.54, 1.807) is 32.5 Å². The van der Waals surface area contributed by atoms with E-state index in [0.717, 1.165) is 47.8 Å². The molecule has 1 fully saturated rings. The first kappa shape index (κ1) is 23.3. The van der Waals surface area contributed by atoms with Crippen LogP contribution in [0.15, 0.2) is 61.3 Å². The molecule has 0 unspecified atom stereocenters. The minimum absolute atomic E-state index is 0.0525. The minimum Gasteiger partial charge on any atom is -0.446 e. The molecule has 10 heteroatoms. The van der Waals surface area contributed by atoms with Crippen molar-refractivity contribution in [1.29, 1.82) is 0 Å². The second-order valence-electron chi connectivity index (χ2n) is 9.41. The first-order valence-corrected chi connectivity index (χ1v) is 12.6. The number of benzene rings is 1. The third kappa shape index (κ3) is 4.58. The molecule has 0 atom stereocenters. The Hall–Kier alpha value is -4.11. The lowest BCUT2D eigenvalue weighted by Gasteiger charge is -2.14. The molecule has 9 nitrogen and oxygen atoms in total.